The van der Waals surface area contributed by atoms with Gasteiger partial charge in [-0.15, -0.1) is 0 Å². The van der Waals surface area contributed by atoms with Gasteiger partial charge in [-0.05, 0) is 46.1 Å². The first-order chi connectivity index (χ1) is 11.4. The lowest BCUT2D eigenvalue weighted by molar-refractivity contribution is -0.117. The zero-order valence-corrected chi connectivity index (χ0v) is 15.3. The van der Waals surface area contributed by atoms with Crippen LogP contribution in [0.15, 0.2) is 12.4 Å². The largest absolute Gasteiger partial charge is 0.347 e. The highest BCUT2D eigenvalue weighted by molar-refractivity contribution is 6.42. The monoisotopic (exact) mass is 334 g/mol. The van der Waals surface area contributed by atoms with E-state index in [9.17, 15) is 9.59 Å². The molecule has 0 bridgehead atoms. The van der Waals surface area contributed by atoms with Gasteiger partial charge in [-0.25, -0.2) is 0 Å². The number of carbonyl (C=O) groups is 2. The molecule has 0 spiro atoms. The fourth-order valence-corrected chi connectivity index (χ4v) is 3.22. The number of hydrogen-bond donors (Lipinski definition) is 1. The molecule has 2 heterocycles. The SMILES string of the molecule is CC[C@@H]1CCCN(C(C)(C)CNC(=O)C(=O)c2cnn(CC)c2)C1. The number of aromatic nitrogens is 2. The number of nitrogens with zero attached hydrogens (tertiary/aromatic N) is 3. The summed E-state index contributed by atoms with van der Waals surface area (Å²) in [6, 6.07) is 0. The van der Waals surface area contributed by atoms with Crippen LogP contribution >= 0.6 is 0 Å². The van der Waals surface area contributed by atoms with Crippen LogP contribution in [0.3, 0.4) is 0 Å². The summed E-state index contributed by atoms with van der Waals surface area (Å²) >= 11 is 0. The molecule has 1 aliphatic heterocycles. The van der Waals surface area contributed by atoms with Gasteiger partial charge < -0.3 is 5.32 Å². The van der Waals surface area contributed by atoms with Crippen molar-refractivity contribution in [2.75, 3.05) is 19.6 Å². The summed E-state index contributed by atoms with van der Waals surface area (Å²) in [5.74, 6) is -0.339. The molecule has 1 fully saturated rings. The van der Waals surface area contributed by atoms with Crippen LogP contribution in [0.5, 0.6) is 0 Å². The van der Waals surface area contributed by atoms with Crippen molar-refractivity contribution in [2.45, 2.75) is 59.0 Å². The molecule has 24 heavy (non-hydrogen) atoms. The molecule has 1 saturated heterocycles. The third-order valence-corrected chi connectivity index (χ3v) is 5.06. The van der Waals surface area contributed by atoms with Crippen molar-refractivity contribution in [3.63, 3.8) is 0 Å². The van der Waals surface area contributed by atoms with Gasteiger partial charge in [-0.2, -0.15) is 5.10 Å². The van der Waals surface area contributed by atoms with E-state index in [-0.39, 0.29) is 5.54 Å². The van der Waals surface area contributed by atoms with Gasteiger partial charge in [0.1, 0.15) is 0 Å². The van der Waals surface area contributed by atoms with Crippen molar-refractivity contribution in [1.82, 2.24) is 20.0 Å². The second-order valence-corrected chi connectivity index (χ2v) is 7.27. The Morgan fingerprint density at radius 2 is 2.12 bits per heavy atom. The average Bonchev–Trinajstić information content (AvgIpc) is 3.08. The van der Waals surface area contributed by atoms with Gasteiger partial charge >= 0.3 is 0 Å². The van der Waals surface area contributed by atoms with E-state index in [1.165, 1.54) is 25.5 Å². The number of carbonyl (C=O) groups excluding carboxylic acids is 2. The summed E-state index contributed by atoms with van der Waals surface area (Å²) < 4.78 is 1.64. The smallest absolute Gasteiger partial charge is 0.292 e. The summed E-state index contributed by atoms with van der Waals surface area (Å²) in [5.41, 5.74) is 0.188. The van der Waals surface area contributed by atoms with Crippen LogP contribution in [0.1, 0.15) is 57.3 Å². The van der Waals surface area contributed by atoms with E-state index in [0.29, 0.717) is 18.7 Å². The first-order valence-electron chi connectivity index (χ1n) is 8.97. The summed E-state index contributed by atoms with van der Waals surface area (Å²) in [7, 11) is 0. The summed E-state index contributed by atoms with van der Waals surface area (Å²) in [5, 5.41) is 6.86. The van der Waals surface area contributed by atoms with Crippen molar-refractivity contribution in [1.29, 1.82) is 0 Å². The van der Waals surface area contributed by atoms with E-state index in [0.717, 1.165) is 19.0 Å². The van der Waals surface area contributed by atoms with Crippen LogP contribution < -0.4 is 5.32 Å². The standard InChI is InChI=1S/C18H30N4O2/c1-5-14-8-7-9-21(11-14)18(3,4)13-19-17(24)16(23)15-10-20-22(6-2)12-15/h10,12,14H,5-9,11,13H2,1-4H3,(H,19,24)/t14-/m1/s1. The maximum atomic E-state index is 12.2. The molecule has 1 N–H and O–H groups in total. The average molecular weight is 334 g/mol. The lowest BCUT2D eigenvalue weighted by Crippen LogP contribution is -2.55. The third-order valence-electron chi connectivity index (χ3n) is 5.06. The van der Waals surface area contributed by atoms with Crippen molar-refractivity contribution in [3.8, 4) is 0 Å². The number of hydrogen-bond acceptors (Lipinski definition) is 4. The molecule has 1 aromatic heterocycles. The Morgan fingerprint density at radius 3 is 2.75 bits per heavy atom. The Hall–Kier alpha value is -1.69. The van der Waals surface area contributed by atoms with Crippen LogP contribution in [0.2, 0.25) is 0 Å². The molecular weight excluding hydrogens is 304 g/mol. The summed E-state index contributed by atoms with van der Waals surface area (Å²) in [4.78, 5) is 26.8. The maximum Gasteiger partial charge on any atom is 0.292 e. The van der Waals surface area contributed by atoms with Gasteiger partial charge in [-0.1, -0.05) is 13.3 Å². The van der Waals surface area contributed by atoms with E-state index < -0.39 is 11.7 Å². The Bertz CT molecular complexity index is 579. The second-order valence-electron chi connectivity index (χ2n) is 7.27. The minimum absolute atomic E-state index is 0.155. The predicted octanol–water partition coefficient (Wildman–Crippen LogP) is 2.10. The first-order valence-corrected chi connectivity index (χ1v) is 8.97. The van der Waals surface area contributed by atoms with Crippen LogP contribution in [0.4, 0.5) is 0 Å². The molecule has 0 saturated carbocycles. The fourth-order valence-electron chi connectivity index (χ4n) is 3.22. The van der Waals surface area contributed by atoms with Gasteiger partial charge in [-0.3, -0.25) is 19.2 Å². The quantitative estimate of drug-likeness (QED) is 0.612. The number of nitrogens with one attached hydrogen (secondary N) is 1. The van der Waals surface area contributed by atoms with E-state index in [2.05, 4.69) is 36.1 Å². The number of piperidine rings is 1. The highest BCUT2D eigenvalue weighted by Gasteiger charge is 2.32. The van der Waals surface area contributed by atoms with E-state index in [1.807, 2.05) is 6.92 Å². The molecular formula is C18H30N4O2. The van der Waals surface area contributed by atoms with Crippen molar-refractivity contribution in [3.05, 3.63) is 18.0 Å². The molecule has 0 aromatic carbocycles. The zero-order valence-electron chi connectivity index (χ0n) is 15.3. The van der Waals surface area contributed by atoms with Gasteiger partial charge in [0.2, 0.25) is 0 Å². The number of ketones is 1. The minimum Gasteiger partial charge on any atom is -0.347 e. The molecule has 1 amide bonds. The number of likely N-dealkylation sites (tertiary alicyclic amines) is 1. The molecule has 6 nitrogen and oxygen atoms in total. The lowest BCUT2D eigenvalue weighted by Gasteiger charge is -2.43. The lowest BCUT2D eigenvalue weighted by atomic mass is 9.91. The molecule has 1 atom stereocenters. The normalized spacial score (nSPS) is 19.2. The zero-order chi connectivity index (χ0) is 17.7. The molecule has 134 valence electrons. The van der Waals surface area contributed by atoms with Crippen molar-refractivity contribution < 1.29 is 9.59 Å². The van der Waals surface area contributed by atoms with Crippen LogP contribution in [0, 0.1) is 5.92 Å². The van der Waals surface area contributed by atoms with Crippen molar-refractivity contribution >= 4 is 11.7 Å². The molecule has 0 unspecified atom stereocenters. The summed E-state index contributed by atoms with van der Waals surface area (Å²) in [6.07, 6.45) is 6.75. The topological polar surface area (TPSA) is 67.2 Å². The number of Topliss-reactive ketones (excluding diaryl/α,β-unsaturated/α-hetero) is 1. The van der Waals surface area contributed by atoms with E-state index in [1.54, 1.807) is 10.9 Å². The molecule has 1 aliphatic rings. The molecule has 0 aliphatic carbocycles. The second kappa shape index (κ2) is 7.92. The highest BCUT2D eigenvalue weighted by atomic mass is 16.2. The number of amides is 1. The van der Waals surface area contributed by atoms with Gasteiger partial charge in [0, 0.05) is 31.4 Å². The molecule has 6 heteroatoms. The van der Waals surface area contributed by atoms with Crippen LogP contribution in [-0.2, 0) is 11.3 Å². The first kappa shape index (κ1) is 18.6. The summed E-state index contributed by atoms with van der Waals surface area (Å²) in [6.45, 7) is 11.7. The van der Waals surface area contributed by atoms with E-state index >= 15 is 0 Å². The van der Waals surface area contributed by atoms with Crippen LogP contribution in [0.25, 0.3) is 0 Å². The Balaban J connectivity index is 1.90. The number of rotatable bonds is 7. The number of aryl methyl sites for hydroxylation is 1. The van der Waals surface area contributed by atoms with Crippen LogP contribution in [-0.4, -0.2) is 51.5 Å². The minimum atomic E-state index is -0.553. The molecule has 1 aromatic rings. The predicted molar refractivity (Wildman–Crippen MR) is 93.9 cm³/mol. The van der Waals surface area contributed by atoms with E-state index in [4.69, 9.17) is 0 Å². The Kier molecular flexibility index (Phi) is 6.15. The molecule has 0 radical (unpaired) electrons. The Morgan fingerprint density at radius 1 is 1.38 bits per heavy atom. The molecule has 2 rings (SSSR count). The third kappa shape index (κ3) is 4.44. The maximum absolute atomic E-state index is 12.2. The highest BCUT2D eigenvalue weighted by Crippen LogP contribution is 2.25. The van der Waals surface area contributed by atoms with Gasteiger partial charge in [0.25, 0.3) is 11.7 Å². The fraction of sp³-hybridized carbons (Fsp3) is 0.722. The van der Waals surface area contributed by atoms with Gasteiger partial charge in [0.05, 0.1) is 11.8 Å². The van der Waals surface area contributed by atoms with Gasteiger partial charge in [0.15, 0.2) is 0 Å². The Labute approximate surface area is 144 Å². The van der Waals surface area contributed by atoms with Crippen molar-refractivity contribution in [2.24, 2.45) is 5.92 Å².